The molecule has 0 radical (unpaired) electrons. The Kier molecular flexibility index (Phi) is 6.85. The molecule has 0 aliphatic rings. The van der Waals surface area contributed by atoms with Gasteiger partial charge in [0.05, 0.1) is 13.7 Å². The number of aryl methyl sites for hydroxylation is 1. The van der Waals surface area contributed by atoms with Crippen LogP contribution in [-0.2, 0) is 16.1 Å². The molecule has 0 N–H and O–H groups in total. The number of esters is 1. The van der Waals surface area contributed by atoms with Crippen molar-refractivity contribution in [1.29, 1.82) is 0 Å². The van der Waals surface area contributed by atoms with E-state index in [1.807, 2.05) is 59.3 Å². The molecule has 0 aliphatic heterocycles. The molecule has 3 rings (SSSR count). The van der Waals surface area contributed by atoms with Gasteiger partial charge >= 0.3 is 5.97 Å². The van der Waals surface area contributed by atoms with Crippen molar-refractivity contribution in [3.63, 3.8) is 0 Å². The van der Waals surface area contributed by atoms with Crippen LogP contribution in [0.3, 0.4) is 0 Å². The van der Waals surface area contributed by atoms with Crippen LogP contribution >= 0.6 is 0 Å². The number of hydrogen-bond acceptors (Lipinski definition) is 4. The molecule has 3 aromatic rings. The number of hydrogen-bond donors (Lipinski definition) is 0. The molecule has 0 aliphatic carbocycles. The first-order valence-electron chi connectivity index (χ1n) is 9.72. The minimum atomic E-state index is -0.192. The van der Waals surface area contributed by atoms with Crippen LogP contribution in [0, 0.1) is 0 Å². The van der Waals surface area contributed by atoms with E-state index in [4.69, 9.17) is 9.47 Å². The van der Waals surface area contributed by atoms with Crippen LogP contribution in [0.15, 0.2) is 60.8 Å². The summed E-state index contributed by atoms with van der Waals surface area (Å²) >= 11 is 0. The van der Waals surface area contributed by atoms with Crippen molar-refractivity contribution in [2.45, 2.75) is 26.3 Å². The molecule has 0 saturated heterocycles. The monoisotopic (exact) mass is 391 g/mol. The summed E-state index contributed by atoms with van der Waals surface area (Å²) in [6, 6.07) is 15.3. The van der Waals surface area contributed by atoms with E-state index in [0.717, 1.165) is 22.2 Å². The topological polar surface area (TPSA) is 57.5 Å². The zero-order valence-electron chi connectivity index (χ0n) is 16.8. The van der Waals surface area contributed by atoms with Gasteiger partial charge in [-0.15, -0.1) is 0 Å². The van der Waals surface area contributed by atoms with Crippen LogP contribution in [0.1, 0.15) is 35.7 Å². The largest absolute Gasteiger partial charge is 0.497 e. The molecule has 0 fully saturated rings. The maximum absolute atomic E-state index is 12.8. The molecule has 0 saturated carbocycles. The van der Waals surface area contributed by atoms with Crippen molar-refractivity contribution in [1.82, 2.24) is 4.57 Å². The van der Waals surface area contributed by atoms with E-state index in [1.165, 1.54) is 0 Å². The number of carbonyl (C=O) groups is 2. The Hall–Kier alpha value is -3.34. The third kappa shape index (κ3) is 5.13. The average molecular weight is 391 g/mol. The second-order valence-corrected chi connectivity index (χ2v) is 6.63. The first-order valence-corrected chi connectivity index (χ1v) is 9.72. The third-order valence-electron chi connectivity index (χ3n) is 4.68. The van der Waals surface area contributed by atoms with Gasteiger partial charge in [-0.1, -0.05) is 36.4 Å². The van der Waals surface area contributed by atoms with Crippen molar-refractivity contribution in [3.8, 4) is 5.75 Å². The van der Waals surface area contributed by atoms with Gasteiger partial charge in [0.25, 0.3) is 0 Å². The summed E-state index contributed by atoms with van der Waals surface area (Å²) in [5.74, 6) is 0.531. The minimum Gasteiger partial charge on any atom is -0.497 e. The fourth-order valence-electron chi connectivity index (χ4n) is 3.23. The summed E-state index contributed by atoms with van der Waals surface area (Å²) in [5, 5.41) is 0.910. The highest BCUT2D eigenvalue weighted by atomic mass is 16.5. The van der Waals surface area contributed by atoms with Crippen LogP contribution in [0.4, 0.5) is 0 Å². The predicted molar refractivity (Wildman–Crippen MR) is 114 cm³/mol. The van der Waals surface area contributed by atoms with Gasteiger partial charge in [-0.25, -0.2) is 0 Å². The first-order chi connectivity index (χ1) is 14.1. The van der Waals surface area contributed by atoms with E-state index in [0.29, 0.717) is 31.6 Å². The standard InChI is InChI=1S/C24H25NO4/c1-3-29-24(27)9-6-16-25-17-21(20-7-4-5-8-22(20)25)23(26)15-12-18-10-13-19(28-2)14-11-18/h4-5,7-8,10-15,17H,3,6,9,16H2,1-2H3. The quantitative estimate of drug-likeness (QED) is 0.296. The first kappa shape index (κ1) is 20.4. The van der Waals surface area contributed by atoms with Gasteiger partial charge in [-0.3, -0.25) is 9.59 Å². The van der Waals surface area contributed by atoms with Crippen LogP contribution in [0.2, 0.25) is 0 Å². The predicted octanol–water partition coefficient (Wildman–Crippen LogP) is 4.89. The minimum absolute atomic E-state index is 0.0545. The van der Waals surface area contributed by atoms with Crippen LogP contribution < -0.4 is 4.74 Å². The number of nitrogens with zero attached hydrogens (tertiary/aromatic N) is 1. The Morgan fingerprint density at radius 3 is 2.55 bits per heavy atom. The maximum Gasteiger partial charge on any atom is 0.305 e. The zero-order chi connectivity index (χ0) is 20.6. The number of ketones is 1. The molecule has 0 amide bonds. The fraction of sp³-hybridized carbons (Fsp3) is 0.250. The van der Waals surface area contributed by atoms with E-state index in [1.54, 1.807) is 26.2 Å². The van der Waals surface area contributed by atoms with Crippen LogP contribution in [0.25, 0.3) is 17.0 Å². The van der Waals surface area contributed by atoms with E-state index in [2.05, 4.69) is 0 Å². The number of benzene rings is 2. The number of fused-ring (bicyclic) bond motifs is 1. The van der Waals surface area contributed by atoms with E-state index in [-0.39, 0.29) is 11.8 Å². The third-order valence-corrected chi connectivity index (χ3v) is 4.68. The summed E-state index contributed by atoms with van der Waals surface area (Å²) in [7, 11) is 1.62. The van der Waals surface area contributed by atoms with Gasteiger partial charge in [-0.2, -0.15) is 0 Å². The normalized spacial score (nSPS) is 11.1. The Labute approximate surface area is 170 Å². The summed E-state index contributed by atoms with van der Waals surface area (Å²) < 4.78 is 12.2. The van der Waals surface area contributed by atoms with E-state index in [9.17, 15) is 9.59 Å². The number of para-hydroxylation sites is 1. The Morgan fingerprint density at radius 1 is 1.07 bits per heavy atom. The van der Waals surface area contributed by atoms with Gasteiger partial charge in [-0.05, 0) is 43.2 Å². The molecule has 29 heavy (non-hydrogen) atoms. The number of methoxy groups -OCH3 is 1. The molecule has 1 aromatic heterocycles. The molecular weight excluding hydrogens is 366 g/mol. The highest BCUT2D eigenvalue weighted by Gasteiger charge is 2.13. The Balaban J connectivity index is 1.76. The number of allylic oxidation sites excluding steroid dienone is 1. The lowest BCUT2D eigenvalue weighted by Gasteiger charge is -2.05. The van der Waals surface area contributed by atoms with Gasteiger partial charge in [0, 0.05) is 35.6 Å². The van der Waals surface area contributed by atoms with Crippen molar-refractivity contribution in [2.24, 2.45) is 0 Å². The molecule has 0 bridgehead atoms. The second kappa shape index (κ2) is 9.73. The molecule has 0 atom stereocenters. The molecule has 5 nitrogen and oxygen atoms in total. The van der Waals surface area contributed by atoms with Crippen molar-refractivity contribution in [2.75, 3.05) is 13.7 Å². The van der Waals surface area contributed by atoms with Gasteiger partial charge in [0.1, 0.15) is 5.75 Å². The fourth-order valence-corrected chi connectivity index (χ4v) is 3.23. The molecule has 150 valence electrons. The van der Waals surface area contributed by atoms with Gasteiger partial charge < -0.3 is 14.0 Å². The zero-order valence-corrected chi connectivity index (χ0v) is 16.8. The maximum atomic E-state index is 12.8. The summed E-state index contributed by atoms with van der Waals surface area (Å²) in [4.78, 5) is 24.4. The molecule has 0 unspecified atom stereocenters. The lowest BCUT2D eigenvalue weighted by molar-refractivity contribution is -0.143. The Morgan fingerprint density at radius 2 is 1.83 bits per heavy atom. The van der Waals surface area contributed by atoms with Crippen LogP contribution in [-0.4, -0.2) is 30.0 Å². The number of rotatable bonds is 9. The number of aromatic nitrogens is 1. The second-order valence-electron chi connectivity index (χ2n) is 6.63. The molecule has 1 heterocycles. The van der Waals surface area contributed by atoms with Crippen molar-refractivity contribution >= 4 is 28.7 Å². The van der Waals surface area contributed by atoms with E-state index < -0.39 is 0 Å². The summed E-state index contributed by atoms with van der Waals surface area (Å²) in [5.41, 5.74) is 2.57. The van der Waals surface area contributed by atoms with Gasteiger partial charge in [0.2, 0.25) is 0 Å². The highest BCUT2D eigenvalue weighted by Crippen LogP contribution is 2.23. The van der Waals surface area contributed by atoms with Crippen molar-refractivity contribution < 1.29 is 19.1 Å². The van der Waals surface area contributed by atoms with E-state index >= 15 is 0 Å². The lowest BCUT2D eigenvalue weighted by atomic mass is 10.1. The van der Waals surface area contributed by atoms with Crippen molar-refractivity contribution in [3.05, 3.63) is 71.9 Å². The molecule has 0 spiro atoms. The summed E-state index contributed by atoms with van der Waals surface area (Å²) in [6.07, 6.45) is 6.28. The number of carbonyl (C=O) groups excluding carboxylic acids is 2. The lowest BCUT2D eigenvalue weighted by Crippen LogP contribution is -2.06. The number of ether oxygens (including phenoxy) is 2. The smallest absolute Gasteiger partial charge is 0.305 e. The average Bonchev–Trinajstić information content (AvgIpc) is 3.11. The SMILES string of the molecule is CCOC(=O)CCCn1cc(C(=O)C=Cc2ccc(OC)cc2)c2ccccc21. The Bertz CT molecular complexity index is 1020. The van der Waals surface area contributed by atoms with Gasteiger partial charge in [0.15, 0.2) is 5.78 Å². The highest BCUT2D eigenvalue weighted by molar-refractivity contribution is 6.14. The molecule has 5 heteroatoms. The summed E-state index contributed by atoms with van der Waals surface area (Å²) in [6.45, 7) is 2.84. The molecule has 2 aromatic carbocycles. The molecular formula is C24H25NO4. The van der Waals surface area contributed by atoms with Crippen LogP contribution in [0.5, 0.6) is 5.75 Å².